The van der Waals surface area contributed by atoms with Gasteiger partial charge in [0, 0.05) is 6.07 Å². The average Bonchev–Trinajstić information content (AvgIpc) is 2.34. The first-order valence-corrected chi connectivity index (χ1v) is 2.86. The van der Waals surface area contributed by atoms with Crippen LogP contribution in [0, 0.1) is 0 Å². The molecule has 0 saturated heterocycles. The van der Waals surface area contributed by atoms with Gasteiger partial charge in [-0.3, -0.25) is 0 Å². The molecule has 2 aromatic heterocycles. The largest absolute Gasteiger partial charge is 0.493 e. The first kappa shape index (κ1) is 5.22. The first-order chi connectivity index (χ1) is 4.88. The summed E-state index contributed by atoms with van der Waals surface area (Å²) in [6.07, 6.45) is 1.58. The van der Waals surface area contributed by atoms with Crippen LogP contribution in [-0.2, 0) is 0 Å². The van der Waals surface area contributed by atoms with Gasteiger partial charge in [-0.05, 0) is 12.1 Å². The third-order valence-electron chi connectivity index (χ3n) is 1.32. The van der Waals surface area contributed by atoms with Crippen LogP contribution in [0.5, 0.6) is 5.88 Å². The molecule has 50 valence electrons. The molecular weight excluding hydrogens is 130 g/mol. The van der Waals surface area contributed by atoms with Crippen molar-refractivity contribution < 1.29 is 5.11 Å². The molecule has 0 amide bonds. The molecule has 0 spiro atoms. The van der Waals surface area contributed by atoms with E-state index < -0.39 is 0 Å². The third kappa shape index (κ3) is 0.556. The number of hydrogen-bond donors (Lipinski definition) is 1. The zero-order valence-electron chi connectivity index (χ0n) is 5.10. The lowest BCUT2D eigenvalue weighted by Crippen LogP contribution is -1.91. The Hall–Kier alpha value is -1.58. The average molecular weight is 135 g/mol. The van der Waals surface area contributed by atoms with E-state index in [9.17, 15) is 0 Å². The molecule has 0 saturated carbocycles. The lowest BCUT2D eigenvalue weighted by Gasteiger charge is -1.89. The van der Waals surface area contributed by atoms with Gasteiger partial charge in [-0.2, -0.15) is 4.52 Å². The number of hydrogen-bond acceptors (Lipinski definition) is 3. The van der Waals surface area contributed by atoms with Gasteiger partial charge in [-0.15, -0.1) is 5.10 Å². The summed E-state index contributed by atoms with van der Waals surface area (Å²) in [5.74, 6) is 0.114. The minimum Gasteiger partial charge on any atom is -0.493 e. The van der Waals surface area contributed by atoms with Crippen molar-refractivity contribution in [3.63, 3.8) is 0 Å². The molecule has 0 fully saturated rings. The molecule has 2 heterocycles. The van der Waals surface area contributed by atoms with Crippen molar-refractivity contribution in [3.8, 4) is 5.88 Å². The Kier molecular flexibility index (Phi) is 0.887. The van der Waals surface area contributed by atoms with E-state index in [1.165, 1.54) is 4.52 Å². The fourth-order valence-corrected chi connectivity index (χ4v) is 0.848. The van der Waals surface area contributed by atoms with Crippen LogP contribution < -0.4 is 0 Å². The zero-order valence-corrected chi connectivity index (χ0v) is 5.10. The Morgan fingerprint density at radius 1 is 1.30 bits per heavy atom. The van der Waals surface area contributed by atoms with Crippen LogP contribution >= 0.6 is 0 Å². The van der Waals surface area contributed by atoms with Gasteiger partial charge in [0.05, 0.1) is 11.7 Å². The molecule has 0 atom stereocenters. The molecule has 4 heteroatoms. The number of aromatic hydroxyl groups is 1. The lowest BCUT2D eigenvalue weighted by atomic mass is 10.5. The second-order valence-electron chi connectivity index (χ2n) is 1.95. The predicted molar refractivity (Wildman–Crippen MR) is 34.7 cm³/mol. The molecule has 0 aliphatic carbocycles. The Balaban J connectivity index is 2.93. The molecule has 0 aliphatic rings. The molecule has 10 heavy (non-hydrogen) atoms. The topological polar surface area (TPSA) is 50.4 Å². The highest BCUT2D eigenvalue weighted by molar-refractivity contribution is 5.48. The molecule has 0 aliphatic heterocycles. The van der Waals surface area contributed by atoms with Gasteiger partial charge in [0.25, 0.3) is 0 Å². The van der Waals surface area contributed by atoms with Crippen molar-refractivity contribution in [3.05, 3.63) is 24.4 Å². The number of nitrogens with zero attached hydrogens (tertiary/aromatic N) is 3. The normalized spacial score (nSPS) is 10.4. The van der Waals surface area contributed by atoms with Crippen LogP contribution in [0.3, 0.4) is 0 Å². The fourth-order valence-electron chi connectivity index (χ4n) is 0.848. The van der Waals surface area contributed by atoms with E-state index in [2.05, 4.69) is 10.3 Å². The van der Waals surface area contributed by atoms with Crippen LogP contribution in [0.25, 0.3) is 5.52 Å². The maximum absolute atomic E-state index is 9.07. The van der Waals surface area contributed by atoms with Crippen molar-refractivity contribution in [1.29, 1.82) is 0 Å². The van der Waals surface area contributed by atoms with E-state index in [0.29, 0.717) is 0 Å². The van der Waals surface area contributed by atoms with E-state index >= 15 is 0 Å². The van der Waals surface area contributed by atoms with E-state index in [1.54, 1.807) is 24.4 Å². The van der Waals surface area contributed by atoms with Gasteiger partial charge in [0.2, 0.25) is 5.88 Å². The van der Waals surface area contributed by atoms with Gasteiger partial charge in [0.15, 0.2) is 0 Å². The van der Waals surface area contributed by atoms with Gasteiger partial charge in [-0.1, -0.05) is 5.21 Å². The van der Waals surface area contributed by atoms with Crippen molar-refractivity contribution in [2.75, 3.05) is 0 Å². The summed E-state index contributed by atoms with van der Waals surface area (Å²) < 4.78 is 1.36. The van der Waals surface area contributed by atoms with Crippen LogP contribution in [-0.4, -0.2) is 19.9 Å². The monoisotopic (exact) mass is 135 g/mol. The summed E-state index contributed by atoms with van der Waals surface area (Å²) in [5.41, 5.74) is 0.840. The Morgan fingerprint density at radius 2 is 2.20 bits per heavy atom. The molecule has 2 aromatic rings. The molecule has 0 aromatic carbocycles. The smallest absolute Gasteiger partial charge is 0.213 e. The summed E-state index contributed by atoms with van der Waals surface area (Å²) in [6, 6.07) is 5.11. The molecule has 1 N–H and O–H groups in total. The highest BCUT2D eigenvalue weighted by atomic mass is 16.3. The Bertz CT molecular complexity index is 355. The van der Waals surface area contributed by atoms with E-state index in [4.69, 9.17) is 5.11 Å². The molecule has 4 nitrogen and oxygen atoms in total. The van der Waals surface area contributed by atoms with Crippen molar-refractivity contribution in [2.24, 2.45) is 0 Å². The molecule has 0 bridgehead atoms. The van der Waals surface area contributed by atoms with Crippen molar-refractivity contribution in [2.45, 2.75) is 0 Å². The first-order valence-electron chi connectivity index (χ1n) is 2.86. The van der Waals surface area contributed by atoms with E-state index in [0.717, 1.165) is 5.52 Å². The standard InChI is InChI=1S/C6H5N3O/c10-6-2-1-5-3-4-7-8-9(5)6/h1-4,10H. The van der Waals surface area contributed by atoms with Crippen LogP contribution in [0.4, 0.5) is 0 Å². The lowest BCUT2D eigenvalue weighted by molar-refractivity contribution is 0.435. The minimum atomic E-state index is 0.114. The maximum atomic E-state index is 9.07. The minimum absolute atomic E-state index is 0.114. The van der Waals surface area contributed by atoms with Gasteiger partial charge >= 0.3 is 0 Å². The fraction of sp³-hybridized carbons (Fsp3) is 0. The Labute approximate surface area is 56.7 Å². The number of aromatic nitrogens is 3. The SMILES string of the molecule is Oc1ccc2ccnnn12. The highest BCUT2D eigenvalue weighted by Gasteiger charge is 1.96. The predicted octanol–water partition coefficient (Wildman–Crippen LogP) is 0.435. The summed E-state index contributed by atoms with van der Waals surface area (Å²) in [5, 5.41) is 16.3. The van der Waals surface area contributed by atoms with Crippen molar-refractivity contribution >= 4 is 5.52 Å². The summed E-state index contributed by atoms with van der Waals surface area (Å²) >= 11 is 0. The van der Waals surface area contributed by atoms with E-state index in [-0.39, 0.29) is 5.88 Å². The molecular formula is C6H5N3O. The molecule has 0 unspecified atom stereocenters. The number of rotatable bonds is 0. The van der Waals surface area contributed by atoms with Crippen LogP contribution in [0.15, 0.2) is 24.4 Å². The van der Waals surface area contributed by atoms with Crippen LogP contribution in [0.1, 0.15) is 0 Å². The summed E-state index contributed by atoms with van der Waals surface area (Å²) in [4.78, 5) is 0. The highest BCUT2D eigenvalue weighted by Crippen LogP contribution is 2.11. The van der Waals surface area contributed by atoms with E-state index in [1.807, 2.05) is 0 Å². The number of fused-ring (bicyclic) bond motifs is 1. The summed E-state index contributed by atoms with van der Waals surface area (Å²) in [7, 11) is 0. The maximum Gasteiger partial charge on any atom is 0.213 e. The molecule has 2 rings (SSSR count). The van der Waals surface area contributed by atoms with Crippen LogP contribution in [0.2, 0.25) is 0 Å². The molecule has 0 radical (unpaired) electrons. The quantitative estimate of drug-likeness (QED) is 0.570. The zero-order chi connectivity index (χ0) is 6.97. The Morgan fingerprint density at radius 3 is 3.00 bits per heavy atom. The van der Waals surface area contributed by atoms with Gasteiger partial charge in [0.1, 0.15) is 0 Å². The third-order valence-corrected chi connectivity index (χ3v) is 1.32. The van der Waals surface area contributed by atoms with Gasteiger partial charge in [-0.25, -0.2) is 0 Å². The van der Waals surface area contributed by atoms with Gasteiger partial charge < -0.3 is 5.11 Å². The summed E-state index contributed by atoms with van der Waals surface area (Å²) in [6.45, 7) is 0. The second kappa shape index (κ2) is 1.70. The van der Waals surface area contributed by atoms with Crippen molar-refractivity contribution in [1.82, 2.24) is 14.8 Å². The second-order valence-corrected chi connectivity index (χ2v) is 1.95.